The Morgan fingerprint density at radius 2 is 2.00 bits per heavy atom. The van der Waals surface area contributed by atoms with E-state index in [2.05, 4.69) is 23.4 Å². The number of rotatable bonds is 8. The number of carbonyl (C=O) groups excluding carboxylic acids is 1. The molecule has 0 N–H and O–H groups in total. The lowest BCUT2D eigenvalue weighted by Crippen LogP contribution is -2.34. The van der Waals surface area contributed by atoms with E-state index in [4.69, 9.17) is 4.74 Å². The van der Waals surface area contributed by atoms with Gasteiger partial charge in [0.1, 0.15) is 11.6 Å². The molecule has 0 aliphatic heterocycles. The summed E-state index contributed by atoms with van der Waals surface area (Å²) in [6.07, 6.45) is 4.28. The van der Waals surface area contributed by atoms with Crippen molar-refractivity contribution in [2.75, 3.05) is 13.7 Å². The maximum absolute atomic E-state index is 12.2. The van der Waals surface area contributed by atoms with E-state index in [1.54, 1.807) is 13.3 Å². The molecule has 0 saturated carbocycles. The molecular weight excluding hydrogens is 302 g/mol. The number of ether oxygens (including phenoxy) is 1. The largest absolute Gasteiger partial charge is 0.497 e. The Hall–Kier alpha value is -2.30. The summed E-state index contributed by atoms with van der Waals surface area (Å²) in [6.45, 7) is 8.18. The van der Waals surface area contributed by atoms with Crippen molar-refractivity contribution in [1.82, 2.24) is 14.5 Å². The maximum Gasteiger partial charge on any atom is 0.222 e. The summed E-state index contributed by atoms with van der Waals surface area (Å²) in [5, 5.41) is 0. The fourth-order valence-electron chi connectivity index (χ4n) is 2.65. The Morgan fingerprint density at radius 3 is 2.58 bits per heavy atom. The first kappa shape index (κ1) is 18.0. The van der Waals surface area contributed by atoms with Gasteiger partial charge in [-0.1, -0.05) is 32.9 Å². The molecule has 2 rings (SSSR count). The van der Waals surface area contributed by atoms with Crippen LogP contribution in [0.3, 0.4) is 0 Å². The van der Waals surface area contributed by atoms with Crippen molar-refractivity contribution in [1.29, 1.82) is 0 Å². The number of aromatic nitrogens is 2. The van der Waals surface area contributed by atoms with E-state index in [9.17, 15) is 4.79 Å². The molecule has 0 radical (unpaired) electrons. The monoisotopic (exact) mass is 329 g/mol. The van der Waals surface area contributed by atoms with Crippen molar-refractivity contribution in [3.63, 3.8) is 0 Å². The number of hydrogen-bond acceptors (Lipinski definition) is 3. The van der Waals surface area contributed by atoms with Gasteiger partial charge in [0.05, 0.1) is 13.7 Å². The van der Waals surface area contributed by atoms with Crippen LogP contribution in [0.15, 0.2) is 36.7 Å². The lowest BCUT2D eigenvalue weighted by atomic mass is 10.2. The lowest BCUT2D eigenvalue weighted by molar-refractivity contribution is -0.132. The van der Waals surface area contributed by atoms with Gasteiger partial charge in [-0.3, -0.25) is 4.79 Å². The molecule has 0 fully saturated rings. The topological polar surface area (TPSA) is 47.4 Å². The molecule has 0 aliphatic carbocycles. The van der Waals surface area contributed by atoms with E-state index in [1.165, 1.54) is 5.56 Å². The third-order valence-corrected chi connectivity index (χ3v) is 3.89. The molecule has 1 aromatic heterocycles. The summed E-state index contributed by atoms with van der Waals surface area (Å²) in [5.41, 5.74) is 1.17. The number of benzene rings is 1. The van der Waals surface area contributed by atoms with Crippen LogP contribution >= 0.6 is 0 Å². The van der Waals surface area contributed by atoms with Gasteiger partial charge in [-0.2, -0.15) is 0 Å². The highest BCUT2D eigenvalue weighted by atomic mass is 16.5. The lowest BCUT2D eigenvalue weighted by Gasteiger charge is -2.24. The van der Waals surface area contributed by atoms with E-state index < -0.39 is 0 Å². The summed E-state index contributed by atoms with van der Waals surface area (Å²) >= 11 is 0. The van der Waals surface area contributed by atoms with Crippen molar-refractivity contribution in [2.24, 2.45) is 5.92 Å². The van der Waals surface area contributed by atoms with Crippen molar-refractivity contribution in [3.8, 4) is 5.75 Å². The van der Waals surface area contributed by atoms with E-state index in [1.807, 2.05) is 42.3 Å². The fraction of sp³-hybridized carbons (Fsp3) is 0.474. The molecule has 0 unspecified atom stereocenters. The third-order valence-electron chi connectivity index (χ3n) is 3.89. The molecule has 0 atom stereocenters. The van der Waals surface area contributed by atoms with E-state index in [0.717, 1.165) is 24.7 Å². The predicted molar refractivity (Wildman–Crippen MR) is 94.9 cm³/mol. The molecule has 0 spiro atoms. The van der Waals surface area contributed by atoms with Crippen LogP contribution in [0.5, 0.6) is 5.75 Å². The van der Waals surface area contributed by atoms with Crippen LogP contribution in [0.2, 0.25) is 0 Å². The third kappa shape index (κ3) is 4.85. The van der Waals surface area contributed by atoms with Crippen LogP contribution in [0.25, 0.3) is 0 Å². The number of imidazole rings is 1. The SMILES string of the molecule is CCC(=O)N(Cc1nccn1Cc1ccc(OC)cc1)CC(C)C. The van der Waals surface area contributed by atoms with Crippen LogP contribution in [-0.4, -0.2) is 34.0 Å². The van der Waals surface area contributed by atoms with Gasteiger partial charge in [-0.15, -0.1) is 0 Å². The van der Waals surface area contributed by atoms with Crippen molar-refractivity contribution < 1.29 is 9.53 Å². The number of carbonyl (C=O) groups is 1. The van der Waals surface area contributed by atoms with Gasteiger partial charge < -0.3 is 14.2 Å². The molecule has 5 heteroatoms. The molecule has 0 aliphatic rings. The Morgan fingerprint density at radius 1 is 1.29 bits per heavy atom. The number of amides is 1. The summed E-state index contributed by atoms with van der Waals surface area (Å²) < 4.78 is 7.29. The standard InChI is InChI=1S/C19H27N3O2/c1-5-19(23)22(12-15(2)3)14-18-20-10-11-21(18)13-16-6-8-17(24-4)9-7-16/h6-11,15H,5,12-14H2,1-4H3. The Balaban J connectivity index is 2.11. The van der Waals surface area contributed by atoms with E-state index in [0.29, 0.717) is 18.9 Å². The van der Waals surface area contributed by atoms with Gasteiger partial charge in [-0.25, -0.2) is 4.98 Å². The molecule has 1 aromatic carbocycles. The molecule has 130 valence electrons. The second kappa shape index (κ2) is 8.52. The van der Waals surface area contributed by atoms with Crippen LogP contribution in [-0.2, 0) is 17.9 Å². The summed E-state index contributed by atoms with van der Waals surface area (Å²) in [5.74, 6) is 2.36. The van der Waals surface area contributed by atoms with Crippen molar-refractivity contribution >= 4 is 5.91 Å². The smallest absolute Gasteiger partial charge is 0.222 e. The molecule has 24 heavy (non-hydrogen) atoms. The van der Waals surface area contributed by atoms with E-state index >= 15 is 0 Å². The van der Waals surface area contributed by atoms with Gasteiger partial charge in [0.15, 0.2) is 0 Å². The van der Waals surface area contributed by atoms with Gasteiger partial charge >= 0.3 is 0 Å². The fourth-order valence-corrected chi connectivity index (χ4v) is 2.65. The molecule has 5 nitrogen and oxygen atoms in total. The van der Waals surface area contributed by atoms with Crippen molar-refractivity contribution in [3.05, 3.63) is 48.0 Å². The first-order chi connectivity index (χ1) is 11.5. The average molecular weight is 329 g/mol. The normalized spacial score (nSPS) is 10.9. The van der Waals surface area contributed by atoms with Crippen LogP contribution in [0, 0.1) is 5.92 Å². The minimum atomic E-state index is 0.169. The minimum Gasteiger partial charge on any atom is -0.497 e. The summed E-state index contributed by atoms with van der Waals surface area (Å²) in [6, 6.07) is 8.01. The molecule has 0 saturated heterocycles. The molecule has 2 aromatic rings. The second-order valence-corrected chi connectivity index (χ2v) is 6.34. The Kier molecular flexibility index (Phi) is 6.41. The van der Waals surface area contributed by atoms with Crippen LogP contribution in [0.4, 0.5) is 0 Å². The molecule has 0 bridgehead atoms. The highest BCUT2D eigenvalue weighted by Gasteiger charge is 2.16. The zero-order chi connectivity index (χ0) is 17.5. The zero-order valence-electron chi connectivity index (χ0n) is 15.0. The first-order valence-electron chi connectivity index (χ1n) is 8.44. The van der Waals surface area contributed by atoms with Gasteiger partial charge in [0.25, 0.3) is 0 Å². The highest BCUT2D eigenvalue weighted by Crippen LogP contribution is 2.14. The maximum atomic E-state index is 12.2. The minimum absolute atomic E-state index is 0.169. The van der Waals surface area contributed by atoms with Gasteiger partial charge in [0.2, 0.25) is 5.91 Å². The quantitative estimate of drug-likeness (QED) is 0.746. The van der Waals surface area contributed by atoms with Crippen LogP contribution < -0.4 is 4.74 Å². The first-order valence-corrected chi connectivity index (χ1v) is 8.44. The Bertz CT molecular complexity index is 647. The number of methoxy groups -OCH3 is 1. The highest BCUT2D eigenvalue weighted by molar-refractivity contribution is 5.75. The molecule has 1 heterocycles. The van der Waals surface area contributed by atoms with Gasteiger partial charge in [-0.05, 0) is 23.6 Å². The molecule has 1 amide bonds. The average Bonchev–Trinajstić information content (AvgIpc) is 3.00. The number of nitrogens with zero attached hydrogens (tertiary/aromatic N) is 3. The summed E-state index contributed by atoms with van der Waals surface area (Å²) in [4.78, 5) is 18.5. The summed E-state index contributed by atoms with van der Waals surface area (Å²) in [7, 11) is 1.66. The van der Waals surface area contributed by atoms with Crippen molar-refractivity contribution in [2.45, 2.75) is 40.3 Å². The zero-order valence-corrected chi connectivity index (χ0v) is 15.0. The predicted octanol–water partition coefficient (Wildman–Crippen LogP) is 3.33. The van der Waals surface area contributed by atoms with Gasteiger partial charge in [0, 0.05) is 31.9 Å². The number of hydrogen-bond donors (Lipinski definition) is 0. The molecular formula is C19H27N3O2. The van der Waals surface area contributed by atoms with Crippen LogP contribution in [0.1, 0.15) is 38.6 Å². The Labute approximate surface area is 144 Å². The second-order valence-electron chi connectivity index (χ2n) is 6.34. The van der Waals surface area contributed by atoms with E-state index in [-0.39, 0.29) is 5.91 Å².